The second kappa shape index (κ2) is 4.66. The molecule has 1 saturated heterocycles. The highest BCUT2D eigenvalue weighted by molar-refractivity contribution is 6.31. The average Bonchev–Trinajstić information content (AvgIpc) is 2.76. The van der Waals surface area contributed by atoms with Crippen molar-refractivity contribution >= 4 is 34.9 Å². The highest BCUT2D eigenvalue weighted by Gasteiger charge is 2.60. The van der Waals surface area contributed by atoms with E-state index in [-0.39, 0.29) is 35.4 Å². The molecule has 2 bridgehead atoms. The van der Waals surface area contributed by atoms with Gasteiger partial charge in [-0.15, -0.1) is 0 Å². The van der Waals surface area contributed by atoms with E-state index < -0.39 is 5.92 Å². The third-order valence-corrected chi connectivity index (χ3v) is 5.89. The third kappa shape index (κ3) is 1.73. The van der Waals surface area contributed by atoms with Crippen molar-refractivity contribution in [1.82, 2.24) is 0 Å². The van der Waals surface area contributed by atoms with Crippen molar-refractivity contribution in [2.45, 2.75) is 26.2 Å². The zero-order valence-corrected chi connectivity index (χ0v) is 13.0. The number of anilines is 1. The van der Waals surface area contributed by atoms with E-state index in [0.717, 1.165) is 18.4 Å². The van der Waals surface area contributed by atoms with Crippen LogP contribution in [0.1, 0.15) is 24.8 Å². The minimum atomic E-state index is -0.441. The van der Waals surface area contributed by atoms with Crippen LogP contribution < -0.4 is 4.90 Å². The monoisotopic (exact) mass is 317 g/mol. The molecule has 4 fully saturated rings. The van der Waals surface area contributed by atoms with E-state index in [4.69, 9.17) is 11.6 Å². The summed E-state index contributed by atoms with van der Waals surface area (Å²) < 4.78 is 0. The lowest BCUT2D eigenvalue weighted by molar-refractivity contribution is -0.143. The van der Waals surface area contributed by atoms with Crippen molar-refractivity contribution in [3.63, 3.8) is 0 Å². The van der Waals surface area contributed by atoms with Gasteiger partial charge in [-0.1, -0.05) is 11.6 Å². The van der Waals surface area contributed by atoms with E-state index in [1.807, 2.05) is 6.92 Å². The summed E-state index contributed by atoms with van der Waals surface area (Å²) in [5, 5.41) is 0.607. The summed E-state index contributed by atoms with van der Waals surface area (Å²) in [4.78, 5) is 39.0. The molecule has 114 valence electrons. The molecule has 4 atom stereocenters. The predicted octanol–water partition coefficient (Wildman–Crippen LogP) is 2.75. The average molecular weight is 318 g/mol. The van der Waals surface area contributed by atoms with Gasteiger partial charge in [-0.25, -0.2) is 0 Å². The minimum Gasteiger partial charge on any atom is -0.299 e. The van der Waals surface area contributed by atoms with Crippen molar-refractivity contribution < 1.29 is 14.4 Å². The van der Waals surface area contributed by atoms with E-state index in [9.17, 15) is 14.4 Å². The van der Waals surface area contributed by atoms with Crippen LogP contribution in [0.25, 0.3) is 0 Å². The number of halogens is 1. The highest BCUT2D eigenvalue weighted by Crippen LogP contribution is 2.52. The van der Waals surface area contributed by atoms with Gasteiger partial charge in [0.25, 0.3) is 0 Å². The molecule has 1 aliphatic heterocycles. The van der Waals surface area contributed by atoms with Gasteiger partial charge in [-0.3, -0.25) is 19.3 Å². The standard InChI is InChI=1S/C17H16ClNO3/c1-8-6-10(3-5-12(8)18)19-16(21)14-9-2-4-11(13(20)7-9)15(14)17(19)22/h3,5-6,9,11,14-15H,2,4,7H2,1H3/t9-,11+,14+,15-/m1/s1. The molecule has 22 heavy (non-hydrogen) atoms. The van der Waals surface area contributed by atoms with Crippen LogP contribution in [-0.2, 0) is 14.4 Å². The zero-order valence-electron chi connectivity index (χ0n) is 12.2. The maximum absolute atomic E-state index is 12.8. The molecule has 5 heteroatoms. The molecule has 1 aromatic rings. The summed E-state index contributed by atoms with van der Waals surface area (Å²) >= 11 is 6.02. The Labute approximate surface area is 133 Å². The number of benzene rings is 1. The van der Waals surface area contributed by atoms with Gasteiger partial charge in [-0.2, -0.15) is 0 Å². The fourth-order valence-corrected chi connectivity index (χ4v) is 4.52. The fraction of sp³-hybridized carbons (Fsp3) is 0.471. The molecule has 4 aliphatic rings. The summed E-state index contributed by atoms with van der Waals surface area (Å²) in [7, 11) is 0. The van der Waals surface area contributed by atoms with Crippen LogP contribution in [-0.4, -0.2) is 17.6 Å². The third-order valence-electron chi connectivity index (χ3n) is 5.46. The number of hydrogen-bond donors (Lipinski definition) is 0. The number of carbonyl (C=O) groups excluding carboxylic acids is 3. The first-order chi connectivity index (χ1) is 10.5. The number of nitrogens with zero attached hydrogens (tertiary/aromatic N) is 1. The van der Waals surface area contributed by atoms with Crippen molar-refractivity contribution in [1.29, 1.82) is 0 Å². The Morgan fingerprint density at radius 3 is 2.50 bits per heavy atom. The molecule has 5 rings (SSSR count). The number of imide groups is 1. The van der Waals surface area contributed by atoms with Gasteiger partial charge >= 0.3 is 0 Å². The number of hydrogen-bond acceptors (Lipinski definition) is 3. The van der Waals surface area contributed by atoms with Gasteiger partial charge in [0.1, 0.15) is 5.78 Å². The van der Waals surface area contributed by atoms with Gasteiger partial charge in [0.2, 0.25) is 11.8 Å². The van der Waals surface area contributed by atoms with Gasteiger partial charge in [0.15, 0.2) is 0 Å². The van der Waals surface area contributed by atoms with Crippen LogP contribution in [0.5, 0.6) is 0 Å². The number of amides is 2. The van der Waals surface area contributed by atoms with Gasteiger partial charge in [0, 0.05) is 17.4 Å². The lowest BCUT2D eigenvalue weighted by atomic mass is 9.59. The quantitative estimate of drug-likeness (QED) is 0.748. The highest BCUT2D eigenvalue weighted by atomic mass is 35.5. The lowest BCUT2D eigenvalue weighted by Gasteiger charge is -2.41. The summed E-state index contributed by atoms with van der Waals surface area (Å²) in [5.74, 6) is -1.16. The molecule has 0 aromatic heterocycles. The molecule has 0 spiro atoms. The molecule has 0 radical (unpaired) electrons. The number of ketones is 1. The molecule has 4 nitrogen and oxygen atoms in total. The molecule has 1 heterocycles. The largest absolute Gasteiger partial charge is 0.299 e. The Kier molecular flexibility index (Phi) is 2.95. The number of aryl methyl sites for hydroxylation is 1. The van der Waals surface area contributed by atoms with Crippen LogP contribution >= 0.6 is 11.6 Å². The molecule has 3 aliphatic carbocycles. The zero-order chi connectivity index (χ0) is 15.6. The number of Topliss-reactive ketones (excluding diaryl/α,β-unsaturated/α-hetero) is 1. The number of fused-ring (bicyclic) bond motifs is 2. The second-order valence-electron chi connectivity index (χ2n) is 6.61. The van der Waals surface area contributed by atoms with E-state index in [0.29, 0.717) is 17.1 Å². The summed E-state index contributed by atoms with van der Waals surface area (Å²) in [6.45, 7) is 1.84. The van der Waals surface area contributed by atoms with Gasteiger partial charge < -0.3 is 0 Å². The first-order valence-corrected chi connectivity index (χ1v) is 8.03. The van der Waals surface area contributed by atoms with Gasteiger partial charge in [0.05, 0.1) is 17.5 Å². The minimum absolute atomic E-state index is 0.0392. The Morgan fingerprint density at radius 2 is 1.82 bits per heavy atom. The summed E-state index contributed by atoms with van der Waals surface area (Å²) in [6.07, 6.45) is 2.08. The Bertz CT molecular complexity index is 714. The van der Waals surface area contributed by atoms with Crippen LogP contribution in [0.4, 0.5) is 5.69 Å². The fourth-order valence-electron chi connectivity index (χ4n) is 4.41. The number of rotatable bonds is 1. The summed E-state index contributed by atoms with van der Waals surface area (Å²) in [5.41, 5.74) is 1.40. The topological polar surface area (TPSA) is 54.5 Å². The smallest absolute Gasteiger partial charge is 0.238 e. The Morgan fingerprint density at radius 1 is 1.09 bits per heavy atom. The maximum Gasteiger partial charge on any atom is 0.238 e. The molecule has 0 N–H and O–H groups in total. The first kappa shape index (κ1) is 13.9. The van der Waals surface area contributed by atoms with Crippen LogP contribution in [0.2, 0.25) is 5.02 Å². The Balaban J connectivity index is 1.77. The first-order valence-electron chi connectivity index (χ1n) is 7.65. The molecule has 2 amide bonds. The van der Waals surface area contributed by atoms with E-state index >= 15 is 0 Å². The lowest BCUT2D eigenvalue weighted by Crippen LogP contribution is -2.46. The van der Waals surface area contributed by atoms with Crippen molar-refractivity contribution in [3.8, 4) is 0 Å². The van der Waals surface area contributed by atoms with Crippen molar-refractivity contribution in [2.24, 2.45) is 23.7 Å². The van der Waals surface area contributed by atoms with Crippen LogP contribution in [0.15, 0.2) is 18.2 Å². The molecule has 0 unspecified atom stereocenters. The normalized spacial score (nSPS) is 33.5. The Hall–Kier alpha value is -1.68. The van der Waals surface area contributed by atoms with Crippen molar-refractivity contribution in [3.05, 3.63) is 28.8 Å². The maximum atomic E-state index is 12.8. The van der Waals surface area contributed by atoms with E-state index in [1.165, 1.54) is 4.90 Å². The molecular weight excluding hydrogens is 302 g/mol. The van der Waals surface area contributed by atoms with Crippen molar-refractivity contribution in [2.75, 3.05) is 4.90 Å². The van der Waals surface area contributed by atoms with Crippen LogP contribution in [0.3, 0.4) is 0 Å². The second-order valence-corrected chi connectivity index (χ2v) is 7.02. The SMILES string of the molecule is Cc1cc(N2C(=O)[C@H]3[C@@H]4CC[C@@H](C(=O)C4)[C@H]3C2=O)ccc1Cl. The van der Waals surface area contributed by atoms with Gasteiger partial charge in [-0.05, 0) is 49.4 Å². The summed E-state index contributed by atoms with van der Waals surface area (Å²) in [6, 6.07) is 5.17. The number of carbonyl (C=O) groups is 3. The molecule has 1 aromatic carbocycles. The van der Waals surface area contributed by atoms with E-state index in [2.05, 4.69) is 0 Å². The molecule has 3 saturated carbocycles. The van der Waals surface area contributed by atoms with E-state index in [1.54, 1.807) is 18.2 Å². The predicted molar refractivity (Wildman–Crippen MR) is 81.5 cm³/mol. The van der Waals surface area contributed by atoms with Crippen LogP contribution in [0, 0.1) is 30.6 Å². The molecular formula is C17H16ClNO3.